The molecule has 0 aromatic carbocycles. The molecule has 0 fully saturated rings. The third-order valence-electron chi connectivity index (χ3n) is 3.19. The molecule has 3 unspecified atom stereocenters. The first-order valence-corrected chi connectivity index (χ1v) is 11.6. The molecule has 0 spiro atoms. The van der Waals surface area contributed by atoms with Crippen LogP contribution in [-0.4, -0.2) is 78.3 Å². The lowest BCUT2D eigenvalue weighted by atomic mass is 10.7. The molecule has 0 N–H and O–H groups in total. The molecule has 3 atom stereocenters. The molecule has 0 radical (unpaired) electrons. The monoisotopic (exact) mass is 446 g/mol. The summed E-state index contributed by atoms with van der Waals surface area (Å²) in [7, 11) is -4.05. The summed E-state index contributed by atoms with van der Waals surface area (Å²) in [5.74, 6) is 0. The van der Waals surface area contributed by atoms with Gasteiger partial charge in [-0.2, -0.15) is 0 Å². The van der Waals surface area contributed by atoms with Crippen LogP contribution in [0.3, 0.4) is 0 Å². The fourth-order valence-corrected chi connectivity index (χ4v) is 3.39. The van der Waals surface area contributed by atoms with Gasteiger partial charge in [-0.1, -0.05) is 0 Å². The smallest absolute Gasteiger partial charge is 0.379 e. The number of rotatable bonds is 21. The molecule has 0 aliphatic carbocycles. The highest BCUT2D eigenvalue weighted by molar-refractivity contribution is 7.48. The Kier molecular flexibility index (Phi) is 18.5. The van der Waals surface area contributed by atoms with E-state index in [1.165, 1.54) is 0 Å². The molecule has 0 aliphatic heterocycles. The molecular formula is C18H39O10P. The topological polar surface area (TPSA) is 100 Å². The van der Waals surface area contributed by atoms with Crippen molar-refractivity contribution < 1.29 is 46.6 Å². The normalized spacial score (nSPS) is 17.0. The van der Waals surface area contributed by atoms with Gasteiger partial charge < -0.3 is 28.4 Å². The molecular weight excluding hydrogens is 407 g/mol. The first-order valence-electron chi connectivity index (χ1n) is 10.1. The summed E-state index contributed by atoms with van der Waals surface area (Å²) in [4.78, 5) is 0. The molecule has 29 heavy (non-hydrogen) atoms. The third-order valence-corrected chi connectivity index (χ3v) is 4.85. The van der Waals surface area contributed by atoms with Gasteiger partial charge >= 0.3 is 7.82 Å². The van der Waals surface area contributed by atoms with E-state index >= 15 is 0 Å². The van der Waals surface area contributed by atoms with Crippen molar-refractivity contribution >= 4 is 7.82 Å². The van der Waals surface area contributed by atoms with Gasteiger partial charge in [0.25, 0.3) is 0 Å². The van der Waals surface area contributed by atoms with Crippen molar-refractivity contribution in [3.8, 4) is 0 Å². The number of ether oxygens (including phenoxy) is 6. The summed E-state index contributed by atoms with van der Waals surface area (Å²) in [6.07, 6.45) is -2.56. The van der Waals surface area contributed by atoms with Crippen molar-refractivity contribution in [2.24, 2.45) is 0 Å². The second-order valence-corrected chi connectivity index (χ2v) is 7.20. The molecule has 0 aromatic rings. The predicted octanol–water partition coefficient (Wildman–Crippen LogP) is 3.34. The van der Waals surface area contributed by atoms with E-state index in [4.69, 9.17) is 42.0 Å². The highest BCUT2D eigenvalue weighted by Crippen LogP contribution is 2.53. The zero-order valence-corrected chi connectivity index (χ0v) is 19.5. The second kappa shape index (κ2) is 18.6. The van der Waals surface area contributed by atoms with E-state index in [1.807, 2.05) is 20.8 Å². The Balaban J connectivity index is 4.67. The largest absolute Gasteiger partial charge is 0.481 e. The Bertz CT molecular complexity index is 355. The number of hydrogen-bond acceptors (Lipinski definition) is 10. The quantitative estimate of drug-likeness (QED) is 0.148. The lowest BCUT2D eigenvalue weighted by Crippen LogP contribution is -2.23. The first-order chi connectivity index (χ1) is 13.9. The van der Waals surface area contributed by atoms with Crippen LogP contribution in [0.15, 0.2) is 0 Å². The minimum atomic E-state index is -4.05. The molecule has 0 saturated carbocycles. The first kappa shape index (κ1) is 28.9. The van der Waals surface area contributed by atoms with Gasteiger partial charge in [0, 0.05) is 19.8 Å². The van der Waals surface area contributed by atoms with Crippen LogP contribution in [0.5, 0.6) is 0 Å². The van der Waals surface area contributed by atoms with Gasteiger partial charge in [0.05, 0.1) is 39.6 Å². The SMILES string of the molecule is CCOCCOC(C)OP(=O)(OC(C)OCCOCC)OC(C)OCCOCC. The van der Waals surface area contributed by atoms with Gasteiger partial charge in [0.2, 0.25) is 0 Å². The predicted molar refractivity (Wildman–Crippen MR) is 107 cm³/mol. The van der Waals surface area contributed by atoms with Crippen molar-refractivity contribution in [2.45, 2.75) is 60.4 Å². The summed E-state index contributed by atoms with van der Waals surface area (Å²) >= 11 is 0. The van der Waals surface area contributed by atoms with Gasteiger partial charge in [-0.05, 0) is 41.5 Å². The van der Waals surface area contributed by atoms with E-state index in [2.05, 4.69) is 0 Å². The Morgan fingerprint density at radius 3 is 1.07 bits per heavy atom. The molecule has 0 bridgehead atoms. The fraction of sp³-hybridized carbons (Fsp3) is 1.00. The lowest BCUT2D eigenvalue weighted by Gasteiger charge is -2.26. The zero-order chi connectivity index (χ0) is 22.0. The minimum Gasteiger partial charge on any atom is -0.379 e. The standard InChI is InChI=1S/C18H39O10P/c1-7-20-10-13-23-16(4)26-29(19,27-17(5)24-14-11-21-8-2)28-18(6)25-15-12-22-9-3/h16-18H,7-15H2,1-6H3. The van der Waals surface area contributed by atoms with Gasteiger partial charge in [-0.15, -0.1) is 0 Å². The average Bonchev–Trinajstić information content (AvgIpc) is 2.65. The Hall–Kier alpha value is -0.130. The number of phosphoric acid groups is 1. The molecule has 176 valence electrons. The van der Waals surface area contributed by atoms with Crippen molar-refractivity contribution in [1.29, 1.82) is 0 Å². The molecule has 0 saturated heterocycles. The Morgan fingerprint density at radius 2 is 0.828 bits per heavy atom. The van der Waals surface area contributed by atoms with E-state index in [0.717, 1.165) is 0 Å². The Morgan fingerprint density at radius 1 is 0.552 bits per heavy atom. The molecule has 10 nitrogen and oxygen atoms in total. The van der Waals surface area contributed by atoms with Crippen LogP contribution >= 0.6 is 7.82 Å². The molecule has 0 heterocycles. The highest BCUT2D eigenvalue weighted by Gasteiger charge is 2.35. The van der Waals surface area contributed by atoms with Crippen LogP contribution in [0.4, 0.5) is 0 Å². The van der Waals surface area contributed by atoms with Gasteiger partial charge in [0.15, 0.2) is 18.9 Å². The third kappa shape index (κ3) is 17.3. The van der Waals surface area contributed by atoms with Crippen molar-refractivity contribution in [3.63, 3.8) is 0 Å². The highest BCUT2D eigenvalue weighted by atomic mass is 31.2. The van der Waals surface area contributed by atoms with Gasteiger partial charge in [-0.25, -0.2) is 4.57 Å². The summed E-state index contributed by atoms with van der Waals surface area (Å²) in [5.41, 5.74) is 0. The lowest BCUT2D eigenvalue weighted by molar-refractivity contribution is -0.155. The molecule has 0 aliphatic rings. The van der Waals surface area contributed by atoms with Crippen LogP contribution in [-0.2, 0) is 46.6 Å². The van der Waals surface area contributed by atoms with Gasteiger partial charge in [-0.3, -0.25) is 13.6 Å². The number of phosphoric ester groups is 1. The van der Waals surface area contributed by atoms with E-state index in [0.29, 0.717) is 39.6 Å². The van der Waals surface area contributed by atoms with Crippen LogP contribution in [0.1, 0.15) is 41.5 Å². The maximum absolute atomic E-state index is 13.1. The summed E-state index contributed by atoms with van der Waals surface area (Å²) in [6, 6.07) is 0. The zero-order valence-electron chi connectivity index (χ0n) is 18.6. The van der Waals surface area contributed by atoms with E-state index in [9.17, 15) is 4.57 Å². The van der Waals surface area contributed by atoms with E-state index in [-0.39, 0.29) is 19.8 Å². The summed E-state index contributed by atoms with van der Waals surface area (Å²) in [6.45, 7) is 14.2. The summed E-state index contributed by atoms with van der Waals surface area (Å²) < 4.78 is 61.3. The van der Waals surface area contributed by atoms with Crippen molar-refractivity contribution in [2.75, 3.05) is 59.5 Å². The van der Waals surface area contributed by atoms with Crippen molar-refractivity contribution in [3.05, 3.63) is 0 Å². The fourth-order valence-electron chi connectivity index (χ4n) is 1.96. The summed E-state index contributed by atoms with van der Waals surface area (Å²) in [5, 5.41) is 0. The van der Waals surface area contributed by atoms with Crippen LogP contribution in [0, 0.1) is 0 Å². The van der Waals surface area contributed by atoms with E-state index < -0.39 is 26.7 Å². The van der Waals surface area contributed by atoms with Crippen LogP contribution in [0.2, 0.25) is 0 Å². The maximum Gasteiger partial charge on any atom is 0.481 e. The number of hydrogen-bond donors (Lipinski definition) is 0. The Labute approximate surface area is 175 Å². The maximum atomic E-state index is 13.1. The minimum absolute atomic E-state index is 0.274. The molecule has 11 heteroatoms. The van der Waals surface area contributed by atoms with Crippen molar-refractivity contribution in [1.82, 2.24) is 0 Å². The van der Waals surface area contributed by atoms with Crippen LogP contribution < -0.4 is 0 Å². The molecule has 0 rings (SSSR count). The molecule has 0 amide bonds. The molecule has 0 aromatic heterocycles. The van der Waals surface area contributed by atoms with Crippen LogP contribution in [0.25, 0.3) is 0 Å². The average molecular weight is 446 g/mol. The van der Waals surface area contributed by atoms with Gasteiger partial charge in [0.1, 0.15) is 0 Å². The van der Waals surface area contributed by atoms with E-state index in [1.54, 1.807) is 20.8 Å². The second-order valence-electron chi connectivity index (χ2n) is 5.67.